The van der Waals surface area contributed by atoms with Crippen LogP contribution in [0.5, 0.6) is 0 Å². The maximum Gasteiger partial charge on any atom is 0.306 e. The first-order valence-electron chi connectivity index (χ1n) is 31.7. The number of hydrogen-bond donors (Lipinski definition) is 0. The lowest BCUT2D eigenvalue weighted by atomic mass is 10.0. The summed E-state index contributed by atoms with van der Waals surface area (Å²) in [5.41, 5.74) is 0. The van der Waals surface area contributed by atoms with E-state index in [4.69, 9.17) is 14.2 Å². The van der Waals surface area contributed by atoms with Crippen LogP contribution in [0.4, 0.5) is 0 Å². The monoisotopic (exact) mass is 989 g/mol. The molecule has 0 rings (SSSR count). The SMILES string of the molecule is CCCCCCCCCCCCCCCCCCC(=O)O[C@@H](COC(=O)CCCCCCCCCCCCCCCCCCCCC(C)C)COC(=O)CCCCCCCCCCCCCCC(C)C. The van der Waals surface area contributed by atoms with Gasteiger partial charge in [-0.15, -0.1) is 0 Å². The van der Waals surface area contributed by atoms with Gasteiger partial charge in [0.2, 0.25) is 0 Å². The van der Waals surface area contributed by atoms with Gasteiger partial charge in [-0.3, -0.25) is 14.4 Å². The smallest absolute Gasteiger partial charge is 0.306 e. The first kappa shape index (κ1) is 68.4. The molecule has 0 aromatic carbocycles. The second kappa shape index (κ2) is 56.7. The molecule has 1 atom stereocenters. The lowest BCUT2D eigenvalue weighted by molar-refractivity contribution is -0.167. The molecular weight excluding hydrogens is 865 g/mol. The van der Waals surface area contributed by atoms with Crippen molar-refractivity contribution in [3.8, 4) is 0 Å². The second-order valence-corrected chi connectivity index (χ2v) is 23.0. The molecule has 0 aliphatic heterocycles. The highest BCUT2D eigenvalue weighted by Gasteiger charge is 2.19. The van der Waals surface area contributed by atoms with Gasteiger partial charge in [-0.25, -0.2) is 0 Å². The average Bonchev–Trinajstić information content (AvgIpc) is 3.33. The third-order valence-corrected chi connectivity index (χ3v) is 14.7. The molecule has 0 saturated heterocycles. The second-order valence-electron chi connectivity index (χ2n) is 23.0. The highest BCUT2D eigenvalue weighted by atomic mass is 16.6. The van der Waals surface area contributed by atoms with Gasteiger partial charge in [-0.2, -0.15) is 0 Å². The van der Waals surface area contributed by atoms with E-state index in [0.29, 0.717) is 19.3 Å². The molecule has 0 aliphatic carbocycles. The van der Waals surface area contributed by atoms with Crippen LogP contribution in [0.2, 0.25) is 0 Å². The molecule has 0 bridgehead atoms. The van der Waals surface area contributed by atoms with E-state index >= 15 is 0 Å². The van der Waals surface area contributed by atoms with Gasteiger partial charge in [0.05, 0.1) is 0 Å². The zero-order valence-electron chi connectivity index (χ0n) is 48.2. The van der Waals surface area contributed by atoms with E-state index in [1.165, 1.54) is 250 Å². The quantitative estimate of drug-likeness (QED) is 0.0343. The van der Waals surface area contributed by atoms with Crippen molar-refractivity contribution in [2.75, 3.05) is 13.2 Å². The van der Waals surface area contributed by atoms with Crippen LogP contribution < -0.4 is 0 Å². The fourth-order valence-corrected chi connectivity index (χ4v) is 9.93. The van der Waals surface area contributed by atoms with Crippen molar-refractivity contribution >= 4 is 17.9 Å². The van der Waals surface area contributed by atoms with Gasteiger partial charge < -0.3 is 14.2 Å². The van der Waals surface area contributed by atoms with Crippen LogP contribution in [0.1, 0.15) is 362 Å². The third kappa shape index (κ3) is 57.3. The number of ether oxygens (including phenoxy) is 3. The summed E-state index contributed by atoms with van der Waals surface area (Å²) < 4.78 is 17.0. The standard InChI is InChI=1S/C64H124O6/c1-6-7-8-9-10-11-12-13-14-20-24-31-36-41-46-51-56-64(67)70-61(58-69-63(66)55-50-45-40-35-30-26-25-28-33-38-43-48-53-60(4)5)57-68-62(65)54-49-44-39-34-29-23-21-18-16-15-17-19-22-27-32-37-42-47-52-59(2)3/h59-61H,6-58H2,1-5H3/t61-/m0/s1. The first-order valence-corrected chi connectivity index (χ1v) is 31.7. The molecule has 6 heteroatoms. The van der Waals surface area contributed by atoms with Gasteiger partial charge in [0.25, 0.3) is 0 Å². The lowest BCUT2D eigenvalue weighted by Gasteiger charge is -2.18. The zero-order chi connectivity index (χ0) is 51.1. The summed E-state index contributed by atoms with van der Waals surface area (Å²) in [6.07, 6.45) is 62.5. The summed E-state index contributed by atoms with van der Waals surface area (Å²) in [4.78, 5) is 38.3. The van der Waals surface area contributed by atoms with E-state index in [1.54, 1.807) is 0 Å². The van der Waals surface area contributed by atoms with Crippen molar-refractivity contribution in [2.45, 2.75) is 368 Å². The van der Waals surface area contributed by atoms with Crippen LogP contribution in [0.3, 0.4) is 0 Å². The van der Waals surface area contributed by atoms with Crippen LogP contribution in [0, 0.1) is 11.8 Å². The molecule has 0 spiro atoms. The number of carbonyl (C=O) groups excluding carboxylic acids is 3. The van der Waals surface area contributed by atoms with Crippen molar-refractivity contribution in [3.63, 3.8) is 0 Å². The third-order valence-electron chi connectivity index (χ3n) is 14.7. The van der Waals surface area contributed by atoms with Gasteiger partial charge in [-0.1, -0.05) is 324 Å². The van der Waals surface area contributed by atoms with E-state index < -0.39 is 6.10 Å². The van der Waals surface area contributed by atoms with Crippen molar-refractivity contribution < 1.29 is 28.6 Å². The molecule has 6 nitrogen and oxygen atoms in total. The van der Waals surface area contributed by atoms with Gasteiger partial charge >= 0.3 is 17.9 Å². The largest absolute Gasteiger partial charge is 0.462 e. The van der Waals surface area contributed by atoms with Gasteiger partial charge in [0.1, 0.15) is 13.2 Å². The van der Waals surface area contributed by atoms with E-state index in [9.17, 15) is 14.4 Å². The summed E-state index contributed by atoms with van der Waals surface area (Å²) >= 11 is 0. The Kier molecular flexibility index (Phi) is 55.4. The van der Waals surface area contributed by atoms with E-state index in [0.717, 1.165) is 69.6 Å². The molecule has 0 unspecified atom stereocenters. The van der Waals surface area contributed by atoms with E-state index in [-0.39, 0.29) is 31.1 Å². The number of unbranched alkanes of at least 4 members (excludes halogenated alkanes) is 43. The van der Waals surface area contributed by atoms with Gasteiger partial charge in [0.15, 0.2) is 6.10 Å². The molecule has 0 aromatic heterocycles. The average molecular weight is 990 g/mol. The molecule has 416 valence electrons. The maximum atomic E-state index is 12.9. The Labute approximate surface area is 438 Å². The minimum absolute atomic E-state index is 0.0619. The zero-order valence-corrected chi connectivity index (χ0v) is 48.2. The van der Waals surface area contributed by atoms with Crippen LogP contribution in [0.25, 0.3) is 0 Å². The molecule has 0 amide bonds. The summed E-state index contributed by atoms with van der Waals surface area (Å²) in [6.45, 7) is 11.5. The Hall–Kier alpha value is -1.59. The molecule has 0 radical (unpaired) electrons. The molecule has 0 saturated carbocycles. The predicted molar refractivity (Wildman–Crippen MR) is 303 cm³/mol. The van der Waals surface area contributed by atoms with Crippen LogP contribution >= 0.6 is 0 Å². The Bertz CT molecular complexity index is 1070. The molecule has 0 heterocycles. The highest BCUT2D eigenvalue weighted by molar-refractivity contribution is 5.71. The van der Waals surface area contributed by atoms with Crippen molar-refractivity contribution in [1.29, 1.82) is 0 Å². The highest BCUT2D eigenvalue weighted by Crippen LogP contribution is 2.19. The summed E-state index contributed by atoms with van der Waals surface area (Å²) in [5.74, 6) is 0.861. The van der Waals surface area contributed by atoms with Crippen molar-refractivity contribution in [3.05, 3.63) is 0 Å². The van der Waals surface area contributed by atoms with Crippen LogP contribution in [-0.2, 0) is 28.6 Å². The molecule has 0 fully saturated rings. The number of hydrogen-bond acceptors (Lipinski definition) is 6. The molecule has 70 heavy (non-hydrogen) atoms. The minimum atomic E-state index is -0.763. The van der Waals surface area contributed by atoms with Crippen molar-refractivity contribution in [1.82, 2.24) is 0 Å². The van der Waals surface area contributed by atoms with Crippen LogP contribution in [0.15, 0.2) is 0 Å². The molecule has 0 N–H and O–H groups in total. The maximum absolute atomic E-state index is 12.9. The molecule has 0 aromatic rings. The first-order chi connectivity index (χ1) is 34.2. The number of rotatable bonds is 58. The summed E-state index contributed by atoms with van der Waals surface area (Å²) in [7, 11) is 0. The number of esters is 3. The summed E-state index contributed by atoms with van der Waals surface area (Å²) in [6, 6.07) is 0. The molecule has 0 aliphatic rings. The minimum Gasteiger partial charge on any atom is -0.462 e. The van der Waals surface area contributed by atoms with Gasteiger partial charge in [0, 0.05) is 19.3 Å². The van der Waals surface area contributed by atoms with Gasteiger partial charge in [-0.05, 0) is 31.1 Å². The lowest BCUT2D eigenvalue weighted by Crippen LogP contribution is -2.30. The molecular formula is C64H124O6. The number of carbonyl (C=O) groups is 3. The topological polar surface area (TPSA) is 78.9 Å². The van der Waals surface area contributed by atoms with Crippen molar-refractivity contribution in [2.24, 2.45) is 11.8 Å². The Morgan fingerprint density at radius 2 is 0.471 bits per heavy atom. The Morgan fingerprint density at radius 3 is 0.700 bits per heavy atom. The predicted octanol–water partition coefficient (Wildman–Crippen LogP) is 21.2. The van der Waals surface area contributed by atoms with E-state index in [2.05, 4.69) is 34.6 Å². The Morgan fingerprint density at radius 1 is 0.271 bits per heavy atom. The fraction of sp³-hybridized carbons (Fsp3) is 0.953. The fourth-order valence-electron chi connectivity index (χ4n) is 9.93. The van der Waals surface area contributed by atoms with Crippen LogP contribution in [-0.4, -0.2) is 37.2 Å². The van der Waals surface area contributed by atoms with E-state index in [1.807, 2.05) is 0 Å². The summed E-state index contributed by atoms with van der Waals surface area (Å²) in [5, 5.41) is 0. The normalized spacial score (nSPS) is 12.0. The Balaban J connectivity index is 4.26.